The molecule has 2 atom stereocenters. The van der Waals surface area contributed by atoms with Gasteiger partial charge in [0.2, 0.25) is 17.6 Å². The highest BCUT2D eigenvalue weighted by Gasteiger charge is 2.34. The summed E-state index contributed by atoms with van der Waals surface area (Å²) in [5.74, 6) is 8.56. The van der Waals surface area contributed by atoms with Crippen molar-refractivity contribution < 1.29 is 33.0 Å². The average Bonchev–Trinajstić information content (AvgIpc) is 1.59. The number of nitrogens with two attached hydrogens (primary N) is 2. The van der Waals surface area contributed by atoms with Gasteiger partial charge in [0.15, 0.2) is 28.7 Å². The van der Waals surface area contributed by atoms with E-state index in [0.29, 0.717) is 107 Å². The number of rotatable bonds is 19. The van der Waals surface area contributed by atoms with Crippen molar-refractivity contribution in [3.63, 3.8) is 0 Å². The predicted octanol–water partition coefficient (Wildman–Crippen LogP) is 13.0. The van der Waals surface area contributed by atoms with Crippen LogP contribution in [0.25, 0.3) is 44.0 Å². The van der Waals surface area contributed by atoms with E-state index in [4.69, 9.17) is 37.3 Å². The summed E-state index contributed by atoms with van der Waals surface area (Å²) in [5, 5.41) is 14.2. The summed E-state index contributed by atoms with van der Waals surface area (Å²) in [6.45, 7) is 17.2. The number of carbonyl (C=O) groups excluding carboxylic acids is 3. The zero-order valence-corrected chi connectivity index (χ0v) is 55.8. The molecule has 1 aliphatic carbocycles. The summed E-state index contributed by atoms with van der Waals surface area (Å²) in [4.78, 5) is 82.8. The molecular formula is C76H71FN18O7. The highest BCUT2D eigenvalue weighted by Crippen LogP contribution is 2.37. The molecule has 0 spiro atoms. The molecule has 3 fully saturated rings. The molecule has 2 aliphatic heterocycles. The molecule has 0 bridgehead atoms. The predicted molar refractivity (Wildman–Crippen MR) is 388 cm³/mol. The molecule has 6 aromatic carbocycles. The summed E-state index contributed by atoms with van der Waals surface area (Å²) in [5.41, 5.74) is 17.9. The molecule has 102 heavy (non-hydrogen) atoms. The molecule has 7 N–H and O–H groups in total. The van der Waals surface area contributed by atoms with Crippen LogP contribution in [0.1, 0.15) is 64.5 Å². The Balaban J connectivity index is 0.000000146. The number of ether oxygens (including phenoxy) is 3. The van der Waals surface area contributed by atoms with Crippen molar-refractivity contribution in [2.24, 2.45) is 5.92 Å². The molecule has 7 heterocycles. The number of allylic oxidation sites excluding steroid dienone is 1. The fraction of sp³-hybridized carbons (Fsp3) is 0.211. The first-order chi connectivity index (χ1) is 49.7. The van der Waals surface area contributed by atoms with Crippen molar-refractivity contribution in [2.45, 2.75) is 64.5 Å². The number of fused-ring (bicyclic) bond motifs is 2. The third-order valence-electron chi connectivity index (χ3n) is 16.7. The van der Waals surface area contributed by atoms with Gasteiger partial charge in [-0.3, -0.25) is 23.5 Å². The van der Waals surface area contributed by atoms with Gasteiger partial charge in [-0.05, 0) is 179 Å². The Bertz CT molecular complexity index is 5050. The van der Waals surface area contributed by atoms with Crippen LogP contribution >= 0.6 is 0 Å². The molecule has 26 heteroatoms. The number of anilines is 7. The lowest BCUT2D eigenvalue weighted by Crippen LogP contribution is -2.41. The monoisotopic (exact) mass is 1370 g/mol. The molecule has 25 nitrogen and oxygen atoms in total. The zero-order chi connectivity index (χ0) is 71.1. The number of carbonyl (C=O) groups is 3. The second-order valence-electron chi connectivity index (χ2n) is 23.9. The summed E-state index contributed by atoms with van der Waals surface area (Å²) < 4.78 is 36.5. The maximum absolute atomic E-state index is 14.2. The lowest BCUT2D eigenvalue weighted by atomic mass is 10.1. The van der Waals surface area contributed by atoms with Crippen molar-refractivity contribution in [2.75, 3.05) is 60.2 Å². The Morgan fingerprint density at radius 1 is 0.716 bits per heavy atom. The molecule has 514 valence electrons. The smallest absolute Gasteiger partial charge is 0.335 e. The summed E-state index contributed by atoms with van der Waals surface area (Å²) in [6.07, 6.45) is 12.2. The number of amides is 3. The maximum Gasteiger partial charge on any atom is 0.335 e. The Labute approximate surface area is 586 Å². The van der Waals surface area contributed by atoms with Gasteiger partial charge in [0, 0.05) is 48.8 Å². The largest absolute Gasteiger partial charge is 0.494 e. The molecule has 11 aromatic rings. The molecule has 14 rings (SSSR count). The number of halogens is 1. The second-order valence-corrected chi connectivity index (χ2v) is 23.9. The highest BCUT2D eigenvalue weighted by atomic mass is 19.1. The molecule has 5 aromatic heterocycles. The van der Waals surface area contributed by atoms with Crippen LogP contribution < -0.4 is 47.3 Å². The van der Waals surface area contributed by atoms with Crippen LogP contribution in [0.4, 0.5) is 44.9 Å². The number of para-hydroxylation sites is 2. The highest BCUT2D eigenvalue weighted by molar-refractivity contribution is 6.00. The van der Waals surface area contributed by atoms with E-state index < -0.39 is 5.82 Å². The van der Waals surface area contributed by atoms with Crippen molar-refractivity contribution in [3.8, 4) is 57.5 Å². The van der Waals surface area contributed by atoms with Crippen LogP contribution in [0.2, 0.25) is 0 Å². The number of hydrogen-bond donors (Lipinski definition) is 5. The number of likely N-dealkylation sites (tertiary alicyclic amines) is 2. The SMILES string of the molecule is C=CC(=O)Nc1cccc(Nc2nc(Nc3ccc(OCCC)cc3)ncc2F)c1.CC#CC(=O)N1CC[C@@H](n2c(=O)n(-c3ccc(Oc4ccccc4)cc3)c3c(N)ncnc32)C1.[C-]#[N+]/C(=C\C1CC1)C(=O)N1CCC[C@@H](n2nc(-c3ccc(Oc4ccccc4)cc3)c3c(N)ncnc32)C1. The van der Waals surface area contributed by atoms with Gasteiger partial charge in [0.25, 0.3) is 11.8 Å². The normalized spacial score (nSPS) is 14.7. The van der Waals surface area contributed by atoms with Gasteiger partial charge in [0.1, 0.15) is 58.4 Å². The maximum atomic E-state index is 14.2. The Kier molecular flexibility index (Phi) is 21.5. The van der Waals surface area contributed by atoms with E-state index in [1.165, 1.54) is 23.3 Å². The van der Waals surface area contributed by atoms with Crippen LogP contribution in [0.3, 0.4) is 0 Å². The van der Waals surface area contributed by atoms with Crippen molar-refractivity contribution in [1.29, 1.82) is 0 Å². The minimum Gasteiger partial charge on any atom is -0.494 e. The van der Waals surface area contributed by atoms with Crippen LogP contribution in [-0.4, -0.2) is 109 Å². The Morgan fingerprint density at radius 3 is 2.03 bits per heavy atom. The standard InChI is InChI=1S/C29H27N7O2.C25H22N6O3.C22H22FN5O2/c1-31-24(16-19-9-10-19)29(37)35-15-5-6-21(17-35)36-28-25(27(30)32-18-33-28)26(34-36)20-11-13-23(14-12-20)38-22-7-3-2-4-8-22;1-2-6-21(32)29-14-13-18(15-29)31-24-22(23(26)27-16-28-24)30(25(31)33)17-9-11-20(12-10-17)34-19-7-4-3-5-8-19;1-3-12-30-18-10-8-15(9-11-18)27-22-24-14-19(23)21(28-22)26-17-7-5-6-16(13-17)25-20(29)4-2/h2-4,7-8,11-14,16,18-19,21H,5-6,9-10,15,17H2,(H2,30,32,33);3-5,7-12,16,18H,13-15H2,1H3,(H2,26,27,28);4-11,13-14H,2-3,12H2,1H3,(H,25,29)(H2,24,26,27,28)/b24-16-;;/t21-;18-;/m11./s1. The van der Waals surface area contributed by atoms with Gasteiger partial charge in [-0.25, -0.2) is 43.6 Å². The Hall–Kier alpha value is -13.2. The number of hydrogen-bond acceptors (Lipinski definition) is 18. The molecule has 1 saturated carbocycles. The van der Waals surface area contributed by atoms with Crippen molar-refractivity contribution in [1.82, 2.24) is 58.6 Å². The van der Waals surface area contributed by atoms with E-state index in [-0.39, 0.29) is 58.8 Å². The lowest BCUT2D eigenvalue weighted by Gasteiger charge is -2.33. The van der Waals surface area contributed by atoms with Crippen LogP contribution in [-0.2, 0) is 14.4 Å². The molecular weight excluding hydrogens is 1300 g/mol. The van der Waals surface area contributed by atoms with Crippen LogP contribution in [0.5, 0.6) is 28.7 Å². The first-order valence-corrected chi connectivity index (χ1v) is 33.1. The first-order valence-electron chi connectivity index (χ1n) is 33.1. The summed E-state index contributed by atoms with van der Waals surface area (Å²) in [7, 11) is 0. The minimum atomic E-state index is -0.607. The summed E-state index contributed by atoms with van der Waals surface area (Å²) >= 11 is 0. The first kappa shape index (κ1) is 68.7. The van der Waals surface area contributed by atoms with E-state index in [2.05, 4.69) is 69.1 Å². The number of imidazole rings is 1. The third-order valence-corrected chi connectivity index (χ3v) is 16.7. The van der Waals surface area contributed by atoms with Gasteiger partial charge in [-0.15, -0.1) is 0 Å². The molecule has 2 saturated heterocycles. The van der Waals surface area contributed by atoms with Gasteiger partial charge in [-0.2, -0.15) is 10.1 Å². The van der Waals surface area contributed by atoms with Gasteiger partial charge >= 0.3 is 5.69 Å². The van der Waals surface area contributed by atoms with Gasteiger partial charge in [0.05, 0.1) is 42.5 Å². The van der Waals surface area contributed by atoms with Crippen molar-refractivity contribution >= 4 is 80.4 Å². The number of benzene rings is 6. The van der Waals surface area contributed by atoms with E-state index in [9.17, 15) is 23.6 Å². The van der Waals surface area contributed by atoms with E-state index in [1.54, 1.807) is 69.8 Å². The fourth-order valence-corrected chi connectivity index (χ4v) is 11.7. The quantitative estimate of drug-likeness (QED) is 0.0285. The number of aromatic nitrogens is 10. The zero-order valence-electron chi connectivity index (χ0n) is 55.8. The van der Waals surface area contributed by atoms with Crippen molar-refractivity contribution in [3.05, 3.63) is 229 Å². The molecule has 3 aliphatic rings. The fourth-order valence-electron chi connectivity index (χ4n) is 11.7. The molecule has 3 amide bonds. The van der Waals surface area contributed by atoms with Gasteiger partial charge in [-0.1, -0.05) is 68.0 Å². The van der Waals surface area contributed by atoms with E-state index >= 15 is 0 Å². The number of nitrogens with one attached hydrogen (secondary N) is 3. The number of nitrogen functional groups attached to an aromatic ring is 2. The number of nitrogens with zero attached hydrogens (tertiary/aromatic N) is 13. The van der Waals surface area contributed by atoms with Gasteiger partial charge < -0.3 is 51.4 Å². The lowest BCUT2D eigenvalue weighted by molar-refractivity contribution is -0.128. The molecule has 0 unspecified atom stereocenters. The van der Waals surface area contributed by atoms with Crippen LogP contribution in [0.15, 0.2) is 206 Å². The topological polar surface area (TPSA) is 300 Å². The molecule has 0 radical (unpaired) electrons. The summed E-state index contributed by atoms with van der Waals surface area (Å²) in [6, 6.07) is 47.7. The van der Waals surface area contributed by atoms with E-state index in [0.717, 1.165) is 66.8 Å². The Morgan fingerprint density at radius 2 is 1.36 bits per heavy atom. The second kappa shape index (κ2) is 32.0. The average molecular weight is 1370 g/mol. The minimum absolute atomic E-state index is 0.00240. The third kappa shape index (κ3) is 16.5. The van der Waals surface area contributed by atoms with E-state index in [1.807, 2.05) is 127 Å². The number of piperidine rings is 1. The van der Waals surface area contributed by atoms with Crippen LogP contribution in [0, 0.1) is 30.1 Å².